The summed E-state index contributed by atoms with van der Waals surface area (Å²) < 4.78 is 47.5. The van der Waals surface area contributed by atoms with Gasteiger partial charge in [0, 0.05) is 19.2 Å². The maximum atomic E-state index is 12.7. The Labute approximate surface area is 192 Å². The Bertz CT molecular complexity index is 1240. The molecule has 0 spiro atoms. The molecule has 0 bridgehead atoms. The number of ether oxygens (including phenoxy) is 3. The maximum absolute atomic E-state index is 12.7. The van der Waals surface area contributed by atoms with Gasteiger partial charge in [-0.3, -0.25) is 0 Å². The summed E-state index contributed by atoms with van der Waals surface area (Å²) in [6.07, 6.45) is 0. The van der Waals surface area contributed by atoms with Crippen LogP contribution in [0.4, 0.5) is 0 Å². The first-order valence-corrected chi connectivity index (χ1v) is 11.4. The number of carbonyl (C=O) groups is 1. The Balaban J connectivity index is 1.72. The van der Waals surface area contributed by atoms with Crippen LogP contribution in [0.3, 0.4) is 0 Å². The van der Waals surface area contributed by atoms with Gasteiger partial charge in [-0.2, -0.15) is 9.29 Å². The van der Waals surface area contributed by atoms with Crippen molar-refractivity contribution in [3.8, 4) is 22.9 Å². The minimum absolute atomic E-state index is 0.000160. The number of carbonyl (C=O) groups excluding carboxylic acids is 1. The Morgan fingerprint density at radius 1 is 1.12 bits per heavy atom. The highest BCUT2D eigenvalue weighted by Gasteiger charge is 2.24. The molecule has 0 aliphatic heterocycles. The first-order valence-electron chi connectivity index (χ1n) is 9.97. The summed E-state index contributed by atoms with van der Waals surface area (Å²) >= 11 is 0. The SMILES string of the molecule is COc1ccc(-c2noc(COC(=O)c3cccc(S(=O)(=O)N(C)C(C)C)c3)n2)c(OC)c1. The molecule has 0 fully saturated rings. The number of benzene rings is 2. The molecule has 0 radical (unpaired) electrons. The zero-order valence-electron chi connectivity index (χ0n) is 18.9. The van der Waals surface area contributed by atoms with Gasteiger partial charge in [0.25, 0.3) is 5.89 Å². The number of rotatable bonds is 9. The largest absolute Gasteiger partial charge is 0.497 e. The van der Waals surface area contributed by atoms with Crippen LogP contribution in [0, 0.1) is 0 Å². The highest BCUT2D eigenvalue weighted by Crippen LogP contribution is 2.31. The Morgan fingerprint density at radius 3 is 2.55 bits per heavy atom. The van der Waals surface area contributed by atoms with Gasteiger partial charge in [0.05, 0.1) is 30.2 Å². The molecular formula is C22H25N3O7S. The van der Waals surface area contributed by atoms with Crippen molar-refractivity contribution in [3.63, 3.8) is 0 Å². The predicted octanol–water partition coefficient (Wildman–Crippen LogP) is 3.14. The Morgan fingerprint density at radius 2 is 1.88 bits per heavy atom. The highest BCUT2D eigenvalue weighted by atomic mass is 32.2. The lowest BCUT2D eigenvalue weighted by molar-refractivity contribution is 0.0429. The molecule has 3 rings (SSSR count). The number of sulfonamides is 1. The lowest BCUT2D eigenvalue weighted by atomic mass is 10.2. The zero-order valence-corrected chi connectivity index (χ0v) is 19.8. The van der Waals surface area contributed by atoms with Crippen molar-refractivity contribution < 1.29 is 31.9 Å². The average Bonchev–Trinajstić information content (AvgIpc) is 3.30. The average molecular weight is 476 g/mol. The van der Waals surface area contributed by atoms with Crippen LogP contribution >= 0.6 is 0 Å². The predicted molar refractivity (Wildman–Crippen MR) is 118 cm³/mol. The van der Waals surface area contributed by atoms with Gasteiger partial charge in [-0.1, -0.05) is 11.2 Å². The van der Waals surface area contributed by atoms with Gasteiger partial charge < -0.3 is 18.7 Å². The summed E-state index contributed by atoms with van der Waals surface area (Å²) in [6, 6.07) is 10.6. The van der Waals surface area contributed by atoms with Gasteiger partial charge in [0.2, 0.25) is 15.8 Å². The minimum Gasteiger partial charge on any atom is -0.497 e. The van der Waals surface area contributed by atoms with Crippen LogP contribution in [0.2, 0.25) is 0 Å². The van der Waals surface area contributed by atoms with Crippen LogP contribution in [0.1, 0.15) is 30.1 Å². The zero-order chi connectivity index (χ0) is 24.2. The van der Waals surface area contributed by atoms with E-state index in [-0.39, 0.29) is 34.8 Å². The van der Waals surface area contributed by atoms with Crippen molar-refractivity contribution in [1.82, 2.24) is 14.4 Å². The van der Waals surface area contributed by atoms with Crippen molar-refractivity contribution in [2.24, 2.45) is 0 Å². The third-order valence-electron chi connectivity index (χ3n) is 4.92. The monoisotopic (exact) mass is 475 g/mol. The van der Waals surface area contributed by atoms with Gasteiger partial charge in [-0.05, 0) is 44.2 Å². The van der Waals surface area contributed by atoms with E-state index in [0.29, 0.717) is 17.1 Å². The van der Waals surface area contributed by atoms with E-state index in [1.807, 2.05) is 0 Å². The molecule has 33 heavy (non-hydrogen) atoms. The fraction of sp³-hybridized carbons (Fsp3) is 0.318. The first-order chi connectivity index (χ1) is 15.7. The topological polar surface area (TPSA) is 121 Å². The van der Waals surface area contributed by atoms with Gasteiger partial charge in [0.1, 0.15) is 11.5 Å². The fourth-order valence-electron chi connectivity index (χ4n) is 2.84. The summed E-state index contributed by atoms with van der Waals surface area (Å²) in [5.74, 6) is 0.700. The van der Waals surface area contributed by atoms with Crippen molar-refractivity contribution in [2.75, 3.05) is 21.3 Å². The molecule has 11 heteroatoms. The Kier molecular flexibility index (Phi) is 7.34. The van der Waals surface area contributed by atoms with Crippen molar-refractivity contribution in [3.05, 3.63) is 53.9 Å². The number of hydrogen-bond donors (Lipinski definition) is 0. The molecule has 0 saturated heterocycles. The van der Waals surface area contributed by atoms with Gasteiger partial charge in [-0.25, -0.2) is 13.2 Å². The van der Waals surface area contributed by atoms with E-state index < -0.39 is 16.0 Å². The van der Waals surface area contributed by atoms with E-state index in [1.165, 1.54) is 42.7 Å². The summed E-state index contributed by atoms with van der Waals surface area (Å²) in [5, 5.41) is 3.90. The van der Waals surface area contributed by atoms with Crippen LogP contribution < -0.4 is 9.47 Å². The molecule has 1 heterocycles. The van der Waals surface area contributed by atoms with Crippen molar-refractivity contribution in [1.29, 1.82) is 0 Å². The molecule has 3 aromatic rings. The molecule has 0 unspecified atom stereocenters. The van der Waals surface area contributed by atoms with Crippen LogP contribution in [-0.4, -0.2) is 56.1 Å². The van der Waals surface area contributed by atoms with Gasteiger partial charge in [0.15, 0.2) is 6.61 Å². The normalized spacial score (nSPS) is 11.6. The molecule has 10 nitrogen and oxygen atoms in total. The molecule has 0 N–H and O–H groups in total. The number of nitrogens with zero attached hydrogens (tertiary/aromatic N) is 3. The molecule has 0 aliphatic carbocycles. The molecule has 0 atom stereocenters. The number of methoxy groups -OCH3 is 2. The summed E-state index contributed by atoms with van der Waals surface area (Å²) in [7, 11) is 0.798. The van der Waals surface area contributed by atoms with Gasteiger partial charge in [-0.15, -0.1) is 0 Å². The van der Waals surface area contributed by atoms with Crippen LogP contribution in [0.5, 0.6) is 11.5 Å². The van der Waals surface area contributed by atoms with E-state index in [4.69, 9.17) is 18.7 Å². The van der Waals surface area contributed by atoms with Gasteiger partial charge >= 0.3 is 5.97 Å². The summed E-state index contributed by atoms with van der Waals surface area (Å²) in [5.41, 5.74) is 0.664. The second kappa shape index (κ2) is 10.0. The van der Waals surface area contributed by atoms with Crippen molar-refractivity contribution >= 4 is 16.0 Å². The van der Waals surface area contributed by atoms with E-state index in [0.717, 1.165) is 0 Å². The van der Waals surface area contributed by atoms with E-state index in [2.05, 4.69) is 10.1 Å². The van der Waals surface area contributed by atoms with Crippen LogP contribution in [0.25, 0.3) is 11.4 Å². The minimum atomic E-state index is -3.74. The first kappa shape index (κ1) is 24.2. The van der Waals surface area contributed by atoms with E-state index >= 15 is 0 Å². The lowest BCUT2D eigenvalue weighted by Crippen LogP contribution is -2.33. The van der Waals surface area contributed by atoms with E-state index in [9.17, 15) is 13.2 Å². The van der Waals surface area contributed by atoms with Crippen LogP contribution in [-0.2, 0) is 21.4 Å². The highest BCUT2D eigenvalue weighted by molar-refractivity contribution is 7.89. The molecule has 0 amide bonds. The second-order valence-corrected chi connectivity index (χ2v) is 9.29. The smallest absolute Gasteiger partial charge is 0.338 e. The summed E-state index contributed by atoms with van der Waals surface area (Å²) in [4.78, 5) is 16.7. The third kappa shape index (κ3) is 5.32. The lowest BCUT2D eigenvalue weighted by Gasteiger charge is -2.21. The second-order valence-electron chi connectivity index (χ2n) is 7.30. The molecule has 2 aromatic carbocycles. The maximum Gasteiger partial charge on any atom is 0.338 e. The quantitative estimate of drug-likeness (QED) is 0.430. The summed E-state index contributed by atoms with van der Waals surface area (Å²) in [6.45, 7) is 3.23. The van der Waals surface area contributed by atoms with Crippen molar-refractivity contribution in [2.45, 2.75) is 31.4 Å². The molecule has 0 aliphatic rings. The number of esters is 1. The molecule has 176 valence electrons. The molecule has 0 saturated carbocycles. The standard InChI is InChI=1S/C22H25N3O7S/c1-14(2)25(3)33(27,28)17-8-6-7-15(11-17)22(26)31-13-20-23-21(24-32-20)18-10-9-16(29-4)12-19(18)30-5/h6-12,14H,13H2,1-5H3. The van der Waals surface area contributed by atoms with E-state index in [1.54, 1.807) is 39.2 Å². The molecular weight excluding hydrogens is 450 g/mol. The molecule has 1 aromatic heterocycles. The number of hydrogen-bond acceptors (Lipinski definition) is 9. The number of aromatic nitrogens is 2. The Hall–Kier alpha value is -3.44. The fourth-order valence-corrected chi connectivity index (χ4v) is 4.26. The van der Waals surface area contributed by atoms with Crippen LogP contribution in [0.15, 0.2) is 51.9 Å². The third-order valence-corrected chi connectivity index (χ3v) is 6.95.